The topological polar surface area (TPSA) is 38.3 Å². The summed E-state index contributed by atoms with van der Waals surface area (Å²) in [5.74, 6) is 0.514. The van der Waals surface area contributed by atoms with Crippen LogP contribution in [0.15, 0.2) is 39.3 Å². The van der Waals surface area contributed by atoms with Crippen LogP contribution in [0.5, 0.6) is 5.75 Å². The van der Waals surface area contributed by atoms with Crippen LogP contribution < -0.4 is 10.1 Å². The number of carbonyl (C=O) groups is 1. The summed E-state index contributed by atoms with van der Waals surface area (Å²) in [6.07, 6.45) is 0. The van der Waals surface area contributed by atoms with E-state index in [-0.39, 0.29) is 5.91 Å². The van der Waals surface area contributed by atoms with Crippen molar-refractivity contribution in [3.8, 4) is 5.75 Å². The Bertz CT molecular complexity index is 704. The zero-order chi connectivity index (χ0) is 15.6. The molecule has 0 saturated heterocycles. The normalized spacial score (nSPS) is 10.3. The lowest BCUT2D eigenvalue weighted by Gasteiger charge is -2.12. The maximum Gasteiger partial charge on any atom is 0.256 e. The second-order valence-corrected chi connectivity index (χ2v) is 7.14. The van der Waals surface area contributed by atoms with Gasteiger partial charge in [-0.1, -0.05) is 12.1 Å². The highest BCUT2D eigenvalue weighted by Crippen LogP contribution is 2.34. The number of rotatable bonds is 3. The first kappa shape index (κ1) is 16.8. The van der Waals surface area contributed by atoms with Crippen molar-refractivity contribution in [1.82, 2.24) is 0 Å². The summed E-state index contributed by atoms with van der Waals surface area (Å²) in [4.78, 5) is 12.4. The molecule has 0 aromatic heterocycles. The zero-order valence-corrected chi connectivity index (χ0v) is 16.7. The van der Waals surface area contributed by atoms with E-state index in [0.29, 0.717) is 17.0 Å². The lowest BCUT2D eigenvalue weighted by Crippen LogP contribution is -2.14. The molecule has 21 heavy (non-hydrogen) atoms. The van der Waals surface area contributed by atoms with Gasteiger partial charge in [0.2, 0.25) is 0 Å². The molecule has 1 N–H and O–H groups in total. The molecule has 2 rings (SSSR count). The zero-order valence-electron chi connectivity index (χ0n) is 11.3. The Morgan fingerprint density at radius 3 is 2.62 bits per heavy atom. The van der Waals surface area contributed by atoms with Crippen LogP contribution in [0.25, 0.3) is 0 Å². The number of anilines is 1. The summed E-state index contributed by atoms with van der Waals surface area (Å²) in [6.45, 7) is 1.98. The van der Waals surface area contributed by atoms with E-state index in [0.717, 1.165) is 18.1 Å². The smallest absolute Gasteiger partial charge is 0.256 e. The van der Waals surface area contributed by atoms with Gasteiger partial charge in [-0.05, 0) is 79.1 Å². The molecule has 2 aromatic rings. The van der Waals surface area contributed by atoms with Crippen LogP contribution in [0.2, 0.25) is 0 Å². The molecule has 0 aliphatic heterocycles. The van der Waals surface area contributed by atoms with Crippen molar-refractivity contribution < 1.29 is 9.53 Å². The van der Waals surface area contributed by atoms with Gasteiger partial charge in [-0.25, -0.2) is 0 Å². The quantitative estimate of drug-likeness (QED) is 0.547. The Morgan fingerprint density at radius 1 is 1.24 bits per heavy atom. The van der Waals surface area contributed by atoms with Gasteiger partial charge < -0.3 is 10.1 Å². The molecule has 0 atom stereocenters. The van der Waals surface area contributed by atoms with Crippen molar-refractivity contribution in [1.29, 1.82) is 0 Å². The van der Waals surface area contributed by atoms with E-state index >= 15 is 0 Å². The number of methoxy groups -OCH3 is 1. The number of benzene rings is 2. The second-order valence-electron chi connectivity index (χ2n) is 4.36. The lowest BCUT2D eigenvalue weighted by atomic mass is 10.1. The molecule has 0 spiro atoms. The summed E-state index contributed by atoms with van der Waals surface area (Å²) < 4.78 is 7.80. The van der Waals surface area contributed by atoms with Gasteiger partial charge in [-0.2, -0.15) is 0 Å². The highest BCUT2D eigenvalue weighted by atomic mass is 127. The third-order valence-electron chi connectivity index (χ3n) is 2.93. The Labute approximate surface area is 153 Å². The number of aryl methyl sites for hydroxylation is 1. The van der Waals surface area contributed by atoms with E-state index in [1.807, 2.05) is 31.2 Å². The minimum atomic E-state index is -0.145. The third-order valence-corrected chi connectivity index (χ3v) is 5.63. The number of nitrogens with one attached hydrogen (secondary N) is 1. The van der Waals surface area contributed by atoms with Crippen molar-refractivity contribution in [3.05, 3.63) is 54.0 Å². The summed E-state index contributed by atoms with van der Waals surface area (Å²) in [5.41, 5.74) is 2.40. The van der Waals surface area contributed by atoms with Gasteiger partial charge in [0.1, 0.15) is 5.75 Å². The van der Waals surface area contributed by atoms with Crippen LogP contribution >= 0.6 is 54.5 Å². The maximum absolute atomic E-state index is 12.4. The summed E-state index contributed by atoms with van der Waals surface area (Å²) in [6, 6.07) is 9.29. The van der Waals surface area contributed by atoms with Crippen LogP contribution in [0.4, 0.5) is 5.69 Å². The fourth-order valence-electron chi connectivity index (χ4n) is 1.79. The second kappa shape index (κ2) is 7.11. The molecule has 1 amide bonds. The molecule has 2 aromatic carbocycles. The molecule has 0 radical (unpaired) electrons. The maximum atomic E-state index is 12.4. The van der Waals surface area contributed by atoms with E-state index < -0.39 is 0 Å². The number of hydrogen-bond acceptors (Lipinski definition) is 2. The van der Waals surface area contributed by atoms with Crippen LogP contribution in [-0.2, 0) is 0 Å². The Morgan fingerprint density at radius 2 is 1.95 bits per heavy atom. The molecule has 0 heterocycles. The molecule has 110 valence electrons. The minimum Gasteiger partial charge on any atom is -0.495 e. The first-order valence-electron chi connectivity index (χ1n) is 6.03. The fraction of sp³-hybridized carbons (Fsp3) is 0.133. The van der Waals surface area contributed by atoms with E-state index in [9.17, 15) is 4.79 Å². The molecule has 0 aliphatic rings. The molecule has 0 saturated carbocycles. The van der Waals surface area contributed by atoms with E-state index in [1.165, 1.54) is 0 Å². The van der Waals surface area contributed by atoms with Crippen LogP contribution in [0.1, 0.15) is 15.9 Å². The first-order chi connectivity index (χ1) is 9.93. The largest absolute Gasteiger partial charge is 0.495 e. The highest BCUT2D eigenvalue weighted by Gasteiger charge is 2.14. The van der Waals surface area contributed by atoms with Gasteiger partial charge in [0.15, 0.2) is 0 Å². The lowest BCUT2D eigenvalue weighted by molar-refractivity contribution is 0.102. The summed E-state index contributed by atoms with van der Waals surface area (Å²) in [7, 11) is 1.59. The number of ether oxygens (including phenoxy) is 1. The SMILES string of the molecule is COc1cc(NC(=O)c2cccc(C)c2I)c(Br)cc1Br. The molecule has 3 nitrogen and oxygen atoms in total. The van der Waals surface area contributed by atoms with Crippen molar-refractivity contribution in [3.63, 3.8) is 0 Å². The van der Waals surface area contributed by atoms with Crippen molar-refractivity contribution >= 4 is 66.0 Å². The summed E-state index contributed by atoms with van der Waals surface area (Å²) >= 11 is 9.03. The molecule has 0 unspecified atom stereocenters. The number of amides is 1. The van der Waals surface area contributed by atoms with Crippen LogP contribution in [0.3, 0.4) is 0 Å². The molecule has 0 aliphatic carbocycles. The van der Waals surface area contributed by atoms with Gasteiger partial charge in [-0.3, -0.25) is 4.79 Å². The standard InChI is InChI=1S/C15H12Br2INO2/c1-8-4-3-5-9(14(8)18)15(20)19-12-7-13(21-2)11(17)6-10(12)16/h3-7H,1-2H3,(H,19,20). The van der Waals surface area contributed by atoms with E-state index in [2.05, 4.69) is 59.8 Å². The fourth-order valence-corrected chi connectivity index (χ4v) is 3.65. The minimum absolute atomic E-state index is 0.145. The van der Waals surface area contributed by atoms with Gasteiger partial charge in [0.25, 0.3) is 5.91 Å². The summed E-state index contributed by atoms with van der Waals surface area (Å²) in [5, 5.41) is 2.91. The van der Waals surface area contributed by atoms with E-state index in [4.69, 9.17) is 4.74 Å². The molecule has 0 fully saturated rings. The van der Waals surface area contributed by atoms with E-state index in [1.54, 1.807) is 13.2 Å². The van der Waals surface area contributed by atoms with Crippen LogP contribution in [-0.4, -0.2) is 13.0 Å². The Hall–Kier alpha value is -0.600. The monoisotopic (exact) mass is 523 g/mol. The van der Waals surface area contributed by atoms with Crippen LogP contribution in [0, 0.1) is 10.5 Å². The molecular weight excluding hydrogens is 513 g/mol. The predicted octanol–water partition coefficient (Wildman–Crippen LogP) is 5.39. The van der Waals surface area contributed by atoms with Crippen molar-refractivity contribution in [2.45, 2.75) is 6.92 Å². The van der Waals surface area contributed by atoms with Crippen molar-refractivity contribution in [2.24, 2.45) is 0 Å². The van der Waals surface area contributed by atoms with Gasteiger partial charge in [-0.15, -0.1) is 0 Å². The average Bonchev–Trinajstić information content (AvgIpc) is 2.44. The van der Waals surface area contributed by atoms with Gasteiger partial charge in [0, 0.05) is 14.1 Å². The third kappa shape index (κ3) is 3.78. The highest BCUT2D eigenvalue weighted by molar-refractivity contribution is 14.1. The molecule has 6 heteroatoms. The van der Waals surface area contributed by atoms with Gasteiger partial charge in [0.05, 0.1) is 22.8 Å². The number of carbonyl (C=O) groups excluding carboxylic acids is 1. The average molecular weight is 525 g/mol. The van der Waals surface area contributed by atoms with Crippen molar-refractivity contribution in [2.75, 3.05) is 12.4 Å². The Balaban J connectivity index is 2.34. The van der Waals surface area contributed by atoms with Gasteiger partial charge >= 0.3 is 0 Å². The molecular formula is C15H12Br2INO2. The number of halogens is 3. The number of hydrogen-bond donors (Lipinski definition) is 1. The first-order valence-corrected chi connectivity index (χ1v) is 8.70. The Kier molecular flexibility index (Phi) is 5.67. The predicted molar refractivity (Wildman–Crippen MR) is 100 cm³/mol. The molecule has 0 bridgehead atoms.